The van der Waals surface area contributed by atoms with Crippen molar-refractivity contribution in [2.24, 2.45) is 0 Å². The molecule has 0 spiro atoms. The molecule has 0 heterocycles. The molecular formula is C11H12O2. The van der Waals surface area contributed by atoms with E-state index in [1.807, 2.05) is 30.3 Å². The second-order valence-electron chi connectivity index (χ2n) is 3.34. The normalized spacial score (nSPS) is 27.0. The predicted octanol–water partition coefficient (Wildman–Crippen LogP) is 1.76. The molecule has 0 amide bonds. The molecule has 2 rings (SSSR count). The minimum Gasteiger partial charge on any atom is -0.373 e. The highest BCUT2D eigenvalue weighted by Crippen LogP contribution is 2.35. The van der Waals surface area contributed by atoms with Gasteiger partial charge in [0, 0.05) is 19.4 Å². The van der Waals surface area contributed by atoms with Crippen LogP contribution in [0.4, 0.5) is 0 Å². The molecule has 0 bridgehead atoms. The Morgan fingerprint density at radius 1 is 1.31 bits per heavy atom. The van der Waals surface area contributed by atoms with Crippen LogP contribution in [0.25, 0.3) is 0 Å². The molecule has 0 N–H and O–H groups in total. The number of carbonyl (C=O) groups is 1. The summed E-state index contributed by atoms with van der Waals surface area (Å²) in [5, 5.41) is 0. The first kappa shape index (κ1) is 8.45. The number of hydrogen-bond acceptors (Lipinski definition) is 2. The van der Waals surface area contributed by atoms with Crippen LogP contribution in [-0.2, 0) is 9.53 Å². The predicted molar refractivity (Wildman–Crippen MR) is 49.6 cm³/mol. The number of rotatable bonds is 2. The molecule has 1 aromatic rings. The highest BCUT2D eigenvalue weighted by atomic mass is 16.5. The molecule has 13 heavy (non-hydrogen) atoms. The molecule has 2 atom stereocenters. The molecule has 0 aliphatic heterocycles. The van der Waals surface area contributed by atoms with Crippen molar-refractivity contribution >= 4 is 5.78 Å². The smallest absolute Gasteiger partial charge is 0.162 e. The number of Topliss-reactive ketones (excluding diaryl/α,β-unsaturated/α-hetero) is 1. The van der Waals surface area contributed by atoms with Crippen LogP contribution in [-0.4, -0.2) is 19.0 Å². The molecule has 0 saturated heterocycles. The molecule has 2 unspecified atom stereocenters. The fraction of sp³-hybridized carbons (Fsp3) is 0.364. The molecule has 1 aromatic carbocycles. The number of ketones is 1. The Balaban J connectivity index is 2.16. The summed E-state index contributed by atoms with van der Waals surface area (Å²) in [5.41, 5.74) is 1.20. The van der Waals surface area contributed by atoms with Crippen molar-refractivity contribution in [3.63, 3.8) is 0 Å². The van der Waals surface area contributed by atoms with E-state index in [0.29, 0.717) is 6.42 Å². The quantitative estimate of drug-likeness (QED) is 0.686. The van der Waals surface area contributed by atoms with E-state index in [9.17, 15) is 4.79 Å². The maximum Gasteiger partial charge on any atom is 0.162 e. The number of hydrogen-bond donors (Lipinski definition) is 0. The van der Waals surface area contributed by atoms with E-state index in [2.05, 4.69) is 0 Å². The summed E-state index contributed by atoms with van der Waals surface area (Å²) in [7, 11) is 1.59. The van der Waals surface area contributed by atoms with E-state index in [1.54, 1.807) is 7.11 Å². The lowest BCUT2D eigenvalue weighted by molar-refractivity contribution is -0.140. The molecule has 0 aromatic heterocycles. The molecule has 1 aliphatic rings. The van der Waals surface area contributed by atoms with Crippen molar-refractivity contribution in [2.45, 2.75) is 18.4 Å². The van der Waals surface area contributed by atoms with E-state index in [-0.39, 0.29) is 17.8 Å². The standard InChI is InChI=1S/C11H12O2/c1-13-11-9(7-10(11)12)8-5-3-2-4-6-8/h2-6,9,11H,7H2,1H3. The largest absolute Gasteiger partial charge is 0.373 e. The van der Waals surface area contributed by atoms with Crippen LogP contribution in [0.15, 0.2) is 30.3 Å². The Morgan fingerprint density at radius 2 is 2.00 bits per heavy atom. The summed E-state index contributed by atoms with van der Waals surface area (Å²) in [6.07, 6.45) is 0.421. The van der Waals surface area contributed by atoms with Crippen molar-refractivity contribution in [2.75, 3.05) is 7.11 Å². The number of carbonyl (C=O) groups excluding carboxylic acids is 1. The van der Waals surface area contributed by atoms with Crippen LogP contribution < -0.4 is 0 Å². The summed E-state index contributed by atoms with van der Waals surface area (Å²) in [4.78, 5) is 11.1. The Morgan fingerprint density at radius 3 is 2.54 bits per heavy atom. The third-order valence-electron chi connectivity index (χ3n) is 2.59. The fourth-order valence-electron chi connectivity index (χ4n) is 1.79. The van der Waals surface area contributed by atoms with Crippen LogP contribution in [0.5, 0.6) is 0 Å². The molecule has 1 aliphatic carbocycles. The lowest BCUT2D eigenvalue weighted by Gasteiger charge is -2.33. The zero-order chi connectivity index (χ0) is 9.26. The summed E-state index contributed by atoms with van der Waals surface area (Å²) in [6, 6.07) is 10.0. The SMILES string of the molecule is COC1C(=O)CC1c1ccccc1. The van der Waals surface area contributed by atoms with Gasteiger partial charge in [-0.15, -0.1) is 0 Å². The van der Waals surface area contributed by atoms with Gasteiger partial charge in [0.25, 0.3) is 0 Å². The van der Waals surface area contributed by atoms with Crippen molar-refractivity contribution in [3.8, 4) is 0 Å². The zero-order valence-electron chi connectivity index (χ0n) is 7.57. The first-order valence-electron chi connectivity index (χ1n) is 4.43. The lowest BCUT2D eigenvalue weighted by atomic mass is 9.76. The van der Waals surface area contributed by atoms with Crippen molar-refractivity contribution < 1.29 is 9.53 Å². The van der Waals surface area contributed by atoms with Gasteiger partial charge in [0.05, 0.1) is 0 Å². The first-order valence-corrected chi connectivity index (χ1v) is 4.43. The zero-order valence-corrected chi connectivity index (χ0v) is 7.57. The van der Waals surface area contributed by atoms with Gasteiger partial charge in [0.1, 0.15) is 6.10 Å². The van der Waals surface area contributed by atoms with E-state index in [0.717, 1.165) is 0 Å². The Hall–Kier alpha value is -1.15. The van der Waals surface area contributed by atoms with Crippen LogP contribution in [0, 0.1) is 0 Å². The van der Waals surface area contributed by atoms with Gasteiger partial charge in [0.2, 0.25) is 0 Å². The van der Waals surface area contributed by atoms with Gasteiger partial charge in [-0.2, -0.15) is 0 Å². The van der Waals surface area contributed by atoms with Gasteiger partial charge in [-0.1, -0.05) is 30.3 Å². The van der Waals surface area contributed by atoms with E-state index in [4.69, 9.17) is 4.74 Å². The molecule has 1 saturated carbocycles. The average Bonchev–Trinajstić information content (AvgIpc) is 2.16. The van der Waals surface area contributed by atoms with Gasteiger partial charge in [-0.05, 0) is 5.56 Å². The van der Waals surface area contributed by atoms with Gasteiger partial charge in [0.15, 0.2) is 5.78 Å². The summed E-state index contributed by atoms with van der Waals surface area (Å²) in [5.74, 6) is 0.495. The second kappa shape index (κ2) is 3.30. The molecular weight excluding hydrogens is 164 g/mol. The number of methoxy groups -OCH3 is 1. The van der Waals surface area contributed by atoms with E-state index >= 15 is 0 Å². The average molecular weight is 176 g/mol. The fourth-order valence-corrected chi connectivity index (χ4v) is 1.79. The maximum absolute atomic E-state index is 11.1. The Kier molecular flexibility index (Phi) is 2.15. The van der Waals surface area contributed by atoms with E-state index < -0.39 is 0 Å². The van der Waals surface area contributed by atoms with Gasteiger partial charge >= 0.3 is 0 Å². The highest BCUT2D eigenvalue weighted by molar-refractivity contribution is 5.91. The minimum atomic E-state index is -0.206. The molecule has 68 valence electrons. The summed E-state index contributed by atoms with van der Waals surface area (Å²) >= 11 is 0. The summed E-state index contributed by atoms with van der Waals surface area (Å²) < 4.78 is 5.12. The molecule has 2 nitrogen and oxygen atoms in total. The maximum atomic E-state index is 11.1. The molecule has 1 fully saturated rings. The van der Waals surface area contributed by atoms with Gasteiger partial charge < -0.3 is 4.74 Å². The minimum absolute atomic E-state index is 0.206. The molecule has 0 radical (unpaired) electrons. The second-order valence-corrected chi connectivity index (χ2v) is 3.34. The third kappa shape index (κ3) is 1.38. The van der Waals surface area contributed by atoms with Gasteiger partial charge in [-0.3, -0.25) is 4.79 Å². The third-order valence-corrected chi connectivity index (χ3v) is 2.59. The van der Waals surface area contributed by atoms with Crippen molar-refractivity contribution in [1.29, 1.82) is 0 Å². The monoisotopic (exact) mass is 176 g/mol. The number of ether oxygens (including phenoxy) is 1. The van der Waals surface area contributed by atoms with Gasteiger partial charge in [-0.25, -0.2) is 0 Å². The molecule has 2 heteroatoms. The van der Waals surface area contributed by atoms with Crippen LogP contribution >= 0.6 is 0 Å². The van der Waals surface area contributed by atoms with Crippen LogP contribution in [0.3, 0.4) is 0 Å². The lowest BCUT2D eigenvalue weighted by Crippen LogP contribution is -2.41. The van der Waals surface area contributed by atoms with E-state index in [1.165, 1.54) is 5.56 Å². The first-order chi connectivity index (χ1) is 6.33. The highest BCUT2D eigenvalue weighted by Gasteiger charge is 2.40. The number of benzene rings is 1. The Labute approximate surface area is 77.5 Å². The Bertz CT molecular complexity index is 305. The summed E-state index contributed by atoms with van der Waals surface area (Å²) in [6.45, 7) is 0. The van der Waals surface area contributed by atoms with Crippen molar-refractivity contribution in [1.82, 2.24) is 0 Å². The van der Waals surface area contributed by atoms with Crippen LogP contribution in [0.2, 0.25) is 0 Å². The topological polar surface area (TPSA) is 26.3 Å². The van der Waals surface area contributed by atoms with Crippen molar-refractivity contribution in [3.05, 3.63) is 35.9 Å². The van der Waals surface area contributed by atoms with Crippen LogP contribution in [0.1, 0.15) is 17.9 Å².